The summed E-state index contributed by atoms with van der Waals surface area (Å²) < 4.78 is 10.1. The van der Waals surface area contributed by atoms with Crippen LogP contribution in [-0.2, 0) is 11.2 Å². The lowest BCUT2D eigenvalue weighted by Gasteiger charge is -2.22. The van der Waals surface area contributed by atoms with Gasteiger partial charge in [-0.3, -0.25) is 4.79 Å². The van der Waals surface area contributed by atoms with Gasteiger partial charge in [-0.2, -0.15) is 4.98 Å². The second-order valence-electron chi connectivity index (χ2n) is 5.40. The molecule has 7 nitrogen and oxygen atoms in total. The van der Waals surface area contributed by atoms with Crippen LogP contribution in [0.2, 0.25) is 0 Å². The van der Waals surface area contributed by atoms with Gasteiger partial charge in [0, 0.05) is 19.0 Å². The van der Waals surface area contributed by atoms with E-state index < -0.39 is 0 Å². The summed E-state index contributed by atoms with van der Waals surface area (Å²) in [5.74, 6) is 1.87. The summed E-state index contributed by atoms with van der Waals surface area (Å²) in [5.41, 5.74) is 1.64. The first-order valence-corrected chi connectivity index (χ1v) is 7.07. The molecular formula is C14H18N4O3. The Hall–Kier alpha value is -2.18. The van der Waals surface area contributed by atoms with Crippen LogP contribution in [0, 0.1) is 20.8 Å². The predicted molar refractivity (Wildman–Crippen MR) is 72.4 cm³/mol. The van der Waals surface area contributed by atoms with Gasteiger partial charge in [-0.05, 0) is 26.7 Å². The lowest BCUT2D eigenvalue weighted by molar-refractivity contribution is -0.131. The molecule has 1 saturated heterocycles. The highest BCUT2D eigenvalue weighted by atomic mass is 16.5. The van der Waals surface area contributed by atoms with Gasteiger partial charge >= 0.3 is 0 Å². The fraction of sp³-hybridized carbons (Fsp3) is 0.571. The molecule has 1 amide bonds. The van der Waals surface area contributed by atoms with Crippen LogP contribution in [0.15, 0.2) is 9.05 Å². The third-order valence-electron chi connectivity index (χ3n) is 3.92. The van der Waals surface area contributed by atoms with Crippen molar-refractivity contribution in [3.05, 3.63) is 28.7 Å². The SMILES string of the molecule is Cc1nc([C@@H]2CCCN2C(=O)Cc2c(C)noc2C)no1. The van der Waals surface area contributed by atoms with Crippen molar-refractivity contribution in [1.29, 1.82) is 0 Å². The van der Waals surface area contributed by atoms with Crippen molar-refractivity contribution in [2.45, 2.75) is 46.1 Å². The second-order valence-corrected chi connectivity index (χ2v) is 5.40. The maximum atomic E-state index is 12.6. The van der Waals surface area contributed by atoms with E-state index in [9.17, 15) is 4.79 Å². The lowest BCUT2D eigenvalue weighted by atomic mass is 10.1. The fourth-order valence-electron chi connectivity index (χ4n) is 2.79. The molecule has 0 radical (unpaired) electrons. The van der Waals surface area contributed by atoms with Crippen molar-refractivity contribution in [2.24, 2.45) is 0 Å². The Labute approximate surface area is 122 Å². The normalized spacial score (nSPS) is 18.4. The molecule has 0 unspecified atom stereocenters. The van der Waals surface area contributed by atoms with Gasteiger partial charge in [0.1, 0.15) is 5.76 Å². The Morgan fingerprint density at radius 2 is 2.10 bits per heavy atom. The largest absolute Gasteiger partial charge is 0.361 e. The summed E-state index contributed by atoms with van der Waals surface area (Å²) in [6.45, 7) is 6.15. The molecule has 0 aliphatic carbocycles. The molecule has 0 spiro atoms. The molecular weight excluding hydrogens is 272 g/mol. The van der Waals surface area contributed by atoms with Crippen molar-refractivity contribution in [2.75, 3.05) is 6.54 Å². The first-order chi connectivity index (χ1) is 10.1. The van der Waals surface area contributed by atoms with Gasteiger partial charge < -0.3 is 13.9 Å². The van der Waals surface area contributed by atoms with Crippen LogP contribution < -0.4 is 0 Å². The molecule has 7 heteroatoms. The number of hydrogen-bond acceptors (Lipinski definition) is 6. The Morgan fingerprint density at radius 3 is 2.71 bits per heavy atom. The van der Waals surface area contributed by atoms with Gasteiger partial charge in [-0.15, -0.1) is 0 Å². The van der Waals surface area contributed by atoms with Crippen LogP contribution in [-0.4, -0.2) is 32.6 Å². The van der Waals surface area contributed by atoms with E-state index in [1.807, 2.05) is 18.7 Å². The Kier molecular flexibility index (Phi) is 3.48. The summed E-state index contributed by atoms with van der Waals surface area (Å²) in [6.07, 6.45) is 2.12. The van der Waals surface area contributed by atoms with E-state index in [4.69, 9.17) is 9.05 Å². The minimum atomic E-state index is -0.0876. The van der Waals surface area contributed by atoms with E-state index >= 15 is 0 Å². The summed E-state index contributed by atoms with van der Waals surface area (Å²) >= 11 is 0. The summed E-state index contributed by atoms with van der Waals surface area (Å²) in [5, 5.41) is 7.84. The molecule has 3 heterocycles. The third-order valence-corrected chi connectivity index (χ3v) is 3.92. The van der Waals surface area contributed by atoms with E-state index in [1.165, 1.54) is 0 Å². The molecule has 1 aliphatic rings. The zero-order chi connectivity index (χ0) is 15.0. The molecule has 112 valence electrons. The number of nitrogens with zero attached hydrogens (tertiary/aromatic N) is 4. The van der Waals surface area contributed by atoms with Crippen molar-refractivity contribution in [3.8, 4) is 0 Å². The minimum Gasteiger partial charge on any atom is -0.361 e. The molecule has 0 saturated carbocycles. The molecule has 1 fully saturated rings. The molecule has 1 aliphatic heterocycles. The number of aromatic nitrogens is 3. The Bertz CT molecular complexity index is 641. The quantitative estimate of drug-likeness (QED) is 0.858. The minimum absolute atomic E-state index is 0.0503. The van der Waals surface area contributed by atoms with Gasteiger partial charge in [-0.1, -0.05) is 10.3 Å². The smallest absolute Gasteiger partial charge is 0.227 e. The number of aryl methyl sites for hydroxylation is 3. The number of amides is 1. The number of carbonyl (C=O) groups is 1. The molecule has 0 bridgehead atoms. The molecule has 0 aromatic carbocycles. The van der Waals surface area contributed by atoms with Crippen LogP contribution in [0.3, 0.4) is 0 Å². The maximum Gasteiger partial charge on any atom is 0.227 e. The van der Waals surface area contributed by atoms with Crippen LogP contribution in [0.4, 0.5) is 0 Å². The highest BCUT2D eigenvalue weighted by Gasteiger charge is 2.33. The van der Waals surface area contributed by atoms with Crippen LogP contribution in [0.1, 0.15) is 47.6 Å². The van der Waals surface area contributed by atoms with Crippen molar-refractivity contribution in [3.63, 3.8) is 0 Å². The van der Waals surface area contributed by atoms with Gasteiger partial charge in [0.05, 0.1) is 18.2 Å². The Balaban J connectivity index is 1.77. The van der Waals surface area contributed by atoms with Crippen molar-refractivity contribution in [1.82, 2.24) is 20.2 Å². The average molecular weight is 290 g/mol. The van der Waals surface area contributed by atoms with Crippen LogP contribution in [0.25, 0.3) is 0 Å². The van der Waals surface area contributed by atoms with Crippen LogP contribution >= 0.6 is 0 Å². The predicted octanol–water partition coefficient (Wildman–Crippen LogP) is 1.89. The molecule has 2 aromatic rings. The molecule has 2 aromatic heterocycles. The number of rotatable bonds is 3. The second kappa shape index (κ2) is 5.31. The summed E-state index contributed by atoms with van der Waals surface area (Å²) in [6, 6.07) is -0.0876. The molecule has 0 N–H and O–H groups in total. The van der Waals surface area contributed by atoms with Gasteiger partial charge in [0.15, 0.2) is 5.82 Å². The maximum absolute atomic E-state index is 12.6. The zero-order valence-electron chi connectivity index (χ0n) is 12.4. The van der Waals surface area contributed by atoms with Gasteiger partial charge in [0.2, 0.25) is 11.8 Å². The standard InChI is InChI=1S/C14H18N4O3/c1-8-11(9(2)20-16-8)7-13(19)18-6-4-5-12(18)14-15-10(3)21-17-14/h12H,4-7H2,1-3H3/t12-/m0/s1. The third kappa shape index (κ3) is 2.55. The number of carbonyl (C=O) groups excluding carboxylic acids is 1. The van der Waals surface area contributed by atoms with E-state index in [1.54, 1.807) is 6.92 Å². The Morgan fingerprint density at radius 1 is 1.29 bits per heavy atom. The molecule has 1 atom stereocenters. The molecule has 3 rings (SSSR count). The van der Waals surface area contributed by atoms with Crippen LogP contribution in [0.5, 0.6) is 0 Å². The van der Waals surface area contributed by atoms with E-state index in [0.29, 0.717) is 23.9 Å². The average Bonchev–Trinajstić information content (AvgIpc) is 3.14. The van der Waals surface area contributed by atoms with E-state index in [2.05, 4.69) is 15.3 Å². The highest BCUT2D eigenvalue weighted by molar-refractivity contribution is 5.79. The fourth-order valence-corrected chi connectivity index (χ4v) is 2.79. The summed E-state index contributed by atoms with van der Waals surface area (Å²) in [4.78, 5) is 18.7. The van der Waals surface area contributed by atoms with Gasteiger partial charge in [-0.25, -0.2) is 0 Å². The number of likely N-dealkylation sites (tertiary alicyclic amines) is 1. The topological polar surface area (TPSA) is 85.3 Å². The first-order valence-electron chi connectivity index (χ1n) is 7.07. The van der Waals surface area contributed by atoms with Crippen molar-refractivity contribution < 1.29 is 13.8 Å². The van der Waals surface area contributed by atoms with Gasteiger partial charge in [0.25, 0.3) is 0 Å². The summed E-state index contributed by atoms with van der Waals surface area (Å²) in [7, 11) is 0. The zero-order valence-corrected chi connectivity index (χ0v) is 12.4. The van der Waals surface area contributed by atoms with Crippen molar-refractivity contribution >= 4 is 5.91 Å². The van der Waals surface area contributed by atoms with E-state index in [0.717, 1.165) is 30.6 Å². The first kappa shape index (κ1) is 13.8. The lowest BCUT2D eigenvalue weighted by Crippen LogP contribution is -2.32. The molecule has 21 heavy (non-hydrogen) atoms. The monoisotopic (exact) mass is 290 g/mol. The highest BCUT2D eigenvalue weighted by Crippen LogP contribution is 2.31. The number of hydrogen-bond donors (Lipinski definition) is 0. The van der Waals surface area contributed by atoms with E-state index in [-0.39, 0.29) is 11.9 Å².